The summed E-state index contributed by atoms with van der Waals surface area (Å²) >= 11 is 0. The molecule has 0 bridgehead atoms. The van der Waals surface area contributed by atoms with Crippen LogP contribution in [0.2, 0.25) is 0 Å². The Balaban J connectivity index is 1.42. The molecule has 142 valence electrons. The fraction of sp³-hybridized carbons (Fsp3) is 0.455. The summed E-state index contributed by atoms with van der Waals surface area (Å²) in [4.78, 5) is 19.5. The van der Waals surface area contributed by atoms with Crippen LogP contribution in [0.4, 0.5) is 5.69 Å². The highest BCUT2D eigenvalue weighted by Crippen LogP contribution is 2.39. The molecule has 4 rings (SSSR count). The van der Waals surface area contributed by atoms with E-state index in [0.29, 0.717) is 12.0 Å². The molecule has 5 nitrogen and oxygen atoms in total. The monoisotopic (exact) mass is 364 g/mol. The number of nitrogens with one attached hydrogen (secondary N) is 2. The number of anilines is 1. The van der Waals surface area contributed by atoms with Crippen LogP contribution in [0, 0.1) is 5.41 Å². The molecule has 2 N–H and O–H groups in total. The number of aromatic nitrogens is 1. The lowest BCUT2D eigenvalue weighted by Gasteiger charge is -2.44. The molecule has 2 aliphatic heterocycles. The van der Waals surface area contributed by atoms with E-state index in [9.17, 15) is 4.79 Å². The zero-order valence-corrected chi connectivity index (χ0v) is 15.8. The molecular weight excluding hydrogens is 336 g/mol. The first-order valence-electron chi connectivity index (χ1n) is 9.99. The summed E-state index contributed by atoms with van der Waals surface area (Å²) in [7, 11) is 0. The van der Waals surface area contributed by atoms with Crippen LogP contribution in [-0.4, -0.2) is 42.0 Å². The second-order valence-corrected chi connectivity index (χ2v) is 7.76. The summed E-state index contributed by atoms with van der Waals surface area (Å²) in [6.45, 7) is 4.59. The van der Waals surface area contributed by atoms with Gasteiger partial charge in [0.05, 0.1) is 17.8 Å². The maximum Gasteiger partial charge on any atom is 0.255 e. The second kappa shape index (κ2) is 8.09. The van der Waals surface area contributed by atoms with Gasteiger partial charge in [-0.15, -0.1) is 0 Å². The number of pyridine rings is 1. The Bertz CT molecular complexity index is 761. The fourth-order valence-corrected chi connectivity index (χ4v) is 4.32. The average molecular weight is 364 g/mol. The molecule has 1 amide bonds. The highest BCUT2D eigenvalue weighted by atomic mass is 16.2. The van der Waals surface area contributed by atoms with E-state index in [0.717, 1.165) is 56.0 Å². The molecule has 5 heteroatoms. The number of hydrogen-bond donors (Lipinski definition) is 2. The predicted octanol–water partition coefficient (Wildman–Crippen LogP) is 3.30. The van der Waals surface area contributed by atoms with E-state index in [1.807, 2.05) is 47.4 Å². The van der Waals surface area contributed by atoms with Crippen LogP contribution in [0.5, 0.6) is 0 Å². The topological polar surface area (TPSA) is 57.3 Å². The molecule has 2 fully saturated rings. The quantitative estimate of drug-likeness (QED) is 0.874. The Kier molecular flexibility index (Phi) is 5.39. The maximum absolute atomic E-state index is 13.2. The smallest absolute Gasteiger partial charge is 0.255 e. The van der Waals surface area contributed by atoms with Crippen molar-refractivity contribution in [2.24, 2.45) is 5.41 Å². The first-order valence-corrected chi connectivity index (χ1v) is 9.99. The van der Waals surface area contributed by atoms with Crippen molar-refractivity contribution < 1.29 is 4.79 Å². The molecule has 1 aromatic carbocycles. The Hall–Kier alpha value is -2.40. The average Bonchev–Trinajstić information content (AvgIpc) is 2.74. The molecule has 0 atom stereocenters. The molecule has 27 heavy (non-hydrogen) atoms. The third-order valence-electron chi connectivity index (χ3n) is 6.12. The van der Waals surface area contributed by atoms with E-state index >= 15 is 0 Å². The SMILES string of the molecule is O=C(c1ccccc1NCc1ccccn1)N1CCC2(CCNCC2)CC1. The number of benzene rings is 1. The van der Waals surface area contributed by atoms with Gasteiger partial charge in [0.2, 0.25) is 0 Å². The van der Waals surface area contributed by atoms with Gasteiger partial charge in [0, 0.05) is 25.0 Å². The number of para-hydroxylation sites is 1. The van der Waals surface area contributed by atoms with Crippen molar-refractivity contribution in [3.63, 3.8) is 0 Å². The highest BCUT2D eigenvalue weighted by molar-refractivity contribution is 5.99. The van der Waals surface area contributed by atoms with Crippen LogP contribution >= 0.6 is 0 Å². The normalized spacial score (nSPS) is 19.0. The van der Waals surface area contributed by atoms with E-state index in [2.05, 4.69) is 15.6 Å². The Morgan fingerprint density at radius 1 is 1.04 bits per heavy atom. The lowest BCUT2D eigenvalue weighted by atomic mass is 9.71. The summed E-state index contributed by atoms with van der Waals surface area (Å²) in [5.41, 5.74) is 3.06. The van der Waals surface area contributed by atoms with Crippen molar-refractivity contribution in [2.75, 3.05) is 31.5 Å². The number of likely N-dealkylation sites (tertiary alicyclic amines) is 1. The van der Waals surface area contributed by atoms with Crippen molar-refractivity contribution >= 4 is 11.6 Å². The van der Waals surface area contributed by atoms with Crippen LogP contribution in [-0.2, 0) is 6.54 Å². The Morgan fingerprint density at radius 2 is 1.78 bits per heavy atom. The summed E-state index contributed by atoms with van der Waals surface area (Å²) in [6.07, 6.45) is 6.54. The summed E-state index contributed by atoms with van der Waals surface area (Å²) in [6, 6.07) is 13.7. The number of carbonyl (C=O) groups is 1. The van der Waals surface area contributed by atoms with Crippen molar-refractivity contribution in [1.29, 1.82) is 0 Å². The first-order chi connectivity index (χ1) is 13.3. The molecule has 0 unspecified atom stereocenters. The fourth-order valence-electron chi connectivity index (χ4n) is 4.32. The molecule has 0 radical (unpaired) electrons. The van der Waals surface area contributed by atoms with E-state index in [-0.39, 0.29) is 5.91 Å². The number of carbonyl (C=O) groups excluding carboxylic acids is 1. The van der Waals surface area contributed by atoms with E-state index in [1.165, 1.54) is 12.8 Å². The Labute approximate surface area is 161 Å². The van der Waals surface area contributed by atoms with E-state index < -0.39 is 0 Å². The summed E-state index contributed by atoms with van der Waals surface area (Å²) < 4.78 is 0. The zero-order valence-electron chi connectivity index (χ0n) is 15.8. The summed E-state index contributed by atoms with van der Waals surface area (Å²) in [5.74, 6) is 0.142. The van der Waals surface area contributed by atoms with Gasteiger partial charge in [0.25, 0.3) is 5.91 Å². The molecule has 1 aromatic heterocycles. The number of amides is 1. The van der Waals surface area contributed by atoms with Gasteiger partial charge in [0.1, 0.15) is 0 Å². The largest absolute Gasteiger partial charge is 0.379 e. The molecule has 2 aromatic rings. The van der Waals surface area contributed by atoms with E-state index in [1.54, 1.807) is 6.20 Å². The van der Waals surface area contributed by atoms with E-state index in [4.69, 9.17) is 0 Å². The maximum atomic E-state index is 13.2. The van der Waals surface area contributed by atoms with Crippen molar-refractivity contribution in [3.05, 3.63) is 59.9 Å². The van der Waals surface area contributed by atoms with Crippen molar-refractivity contribution in [2.45, 2.75) is 32.2 Å². The van der Waals surface area contributed by atoms with Gasteiger partial charge >= 0.3 is 0 Å². The minimum Gasteiger partial charge on any atom is -0.379 e. The van der Waals surface area contributed by atoms with Gasteiger partial charge in [-0.25, -0.2) is 0 Å². The van der Waals surface area contributed by atoms with Gasteiger partial charge in [-0.2, -0.15) is 0 Å². The third-order valence-corrected chi connectivity index (χ3v) is 6.12. The van der Waals surface area contributed by atoms with Crippen LogP contribution in [0.3, 0.4) is 0 Å². The number of rotatable bonds is 4. The van der Waals surface area contributed by atoms with Gasteiger partial charge in [-0.3, -0.25) is 9.78 Å². The molecule has 2 saturated heterocycles. The summed E-state index contributed by atoms with van der Waals surface area (Å²) in [5, 5.41) is 6.85. The van der Waals surface area contributed by atoms with Gasteiger partial charge in [-0.1, -0.05) is 18.2 Å². The molecule has 3 heterocycles. The van der Waals surface area contributed by atoms with Gasteiger partial charge in [0.15, 0.2) is 0 Å². The molecule has 1 spiro atoms. The first kappa shape index (κ1) is 18.0. The predicted molar refractivity (Wildman–Crippen MR) is 108 cm³/mol. The number of piperidine rings is 2. The number of hydrogen-bond acceptors (Lipinski definition) is 4. The van der Waals surface area contributed by atoms with Crippen LogP contribution < -0.4 is 10.6 Å². The van der Waals surface area contributed by atoms with Gasteiger partial charge < -0.3 is 15.5 Å². The van der Waals surface area contributed by atoms with Gasteiger partial charge in [-0.05, 0) is 68.5 Å². The minimum atomic E-state index is 0.142. The zero-order chi connectivity index (χ0) is 18.5. The lowest BCUT2D eigenvalue weighted by molar-refractivity contribution is 0.0496. The standard InChI is InChI=1S/C22H28N4O/c27-21(26-15-10-22(11-16-26)8-13-23-14-9-22)19-6-1-2-7-20(19)25-17-18-5-3-4-12-24-18/h1-7,12,23,25H,8-11,13-17H2. The molecule has 2 aliphatic rings. The second-order valence-electron chi connectivity index (χ2n) is 7.76. The van der Waals surface area contributed by atoms with Crippen molar-refractivity contribution in [1.82, 2.24) is 15.2 Å². The van der Waals surface area contributed by atoms with Crippen molar-refractivity contribution in [3.8, 4) is 0 Å². The highest BCUT2D eigenvalue weighted by Gasteiger charge is 2.37. The van der Waals surface area contributed by atoms with Crippen LogP contribution in [0.25, 0.3) is 0 Å². The Morgan fingerprint density at radius 3 is 2.52 bits per heavy atom. The van der Waals surface area contributed by atoms with Crippen LogP contribution in [0.15, 0.2) is 48.7 Å². The molecular formula is C22H28N4O. The number of nitrogens with zero attached hydrogens (tertiary/aromatic N) is 2. The van der Waals surface area contributed by atoms with Crippen LogP contribution in [0.1, 0.15) is 41.7 Å². The lowest BCUT2D eigenvalue weighted by Crippen LogP contribution is -2.47. The molecule has 0 aliphatic carbocycles. The third kappa shape index (κ3) is 4.14. The minimum absolute atomic E-state index is 0.142. The molecule has 0 saturated carbocycles.